The number of benzene rings is 1. The van der Waals surface area contributed by atoms with Crippen LogP contribution in [0.4, 0.5) is 0 Å². The molecule has 0 unspecified atom stereocenters. The van der Waals surface area contributed by atoms with Crippen LogP contribution >= 0.6 is 0 Å². The Morgan fingerprint density at radius 2 is 1.42 bits per heavy atom. The van der Waals surface area contributed by atoms with E-state index >= 15 is 0 Å². The number of hydrogen-bond acceptors (Lipinski definition) is 5. The van der Waals surface area contributed by atoms with E-state index in [2.05, 4.69) is 0 Å². The molecule has 1 aromatic carbocycles. The summed E-state index contributed by atoms with van der Waals surface area (Å²) in [6.07, 6.45) is 6.39. The minimum absolute atomic E-state index is 0.292. The van der Waals surface area contributed by atoms with Crippen molar-refractivity contribution >= 4 is 11.9 Å². The van der Waals surface area contributed by atoms with Gasteiger partial charge in [0.1, 0.15) is 13.2 Å². The molecule has 0 fully saturated rings. The van der Waals surface area contributed by atoms with Gasteiger partial charge >= 0.3 is 11.9 Å². The normalized spacial score (nSPS) is 9.39. The summed E-state index contributed by atoms with van der Waals surface area (Å²) < 4.78 is 17.0. The number of hydrogen-bond donors (Lipinski definition) is 1. The number of esters is 1. The molecule has 0 spiro atoms. The van der Waals surface area contributed by atoms with Crippen molar-refractivity contribution in [3.05, 3.63) is 53.1 Å². The van der Waals surface area contributed by atoms with Crippen LogP contribution in [0.25, 0.3) is 0 Å². The van der Waals surface area contributed by atoms with Crippen molar-refractivity contribution in [2.45, 2.75) is 61.3 Å². The average molecular weight is 433 g/mol. The predicted molar refractivity (Wildman–Crippen MR) is 124 cm³/mol. The molecule has 0 aliphatic carbocycles. The van der Waals surface area contributed by atoms with E-state index in [-0.39, 0.29) is 0 Å². The highest BCUT2D eigenvalue weighted by Gasteiger charge is 2.14. The van der Waals surface area contributed by atoms with Crippen molar-refractivity contribution in [3.63, 3.8) is 0 Å². The van der Waals surface area contributed by atoms with E-state index in [9.17, 15) is 9.59 Å². The molecular formula is C25H36O6. The summed E-state index contributed by atoms with van der Waals surface area (Å²) in [5.74, 6) is 0.171. The summed E-state index contributed by atoms with van der Waals surface area (Å²) in [7, 11) is 0. The zero-order valence-electron chi connectivity index (χ0n) is 19.8. The predicted octanol–water partition coefficient (Wildman–Crippen LogP) is 6.12. The minimum Gasteiger partial charge on any atom is -0.485 e. The van der Waals surface area contributed by atoms with Gasteiger partial charge in [-0.05, 0) is 72.2 Å². The first-order valence-corrected chi connectivity index (χ1v) is 10.3. The first kappa shape index (κ1) is 28.0. The van der Waals surface area contributed by atoms with Crippen molar-refractivity contribution in [2.24, 2.45) is 0 Å². The van der Waals surface area contributed by atoms with Crippen LogP contribution in [0.1, 0.15) is 61.3 Å². The third-order valence-corrected chi connectivity index (χ3v) is 3.47. The quantitative estimate of drug-likeness (QED) is 0.208. The van der Waals surface area contributed by atoms with Gasteiger partial charge in [-0.3, -0.25) is 4.79 Å². The highest BCUT2D eigenvalue weighted by atomic mass is 16.6. The van der Waals surface area contributed by atoms with Crippen LogP contribution in [0.15, 0.2) is 53.1 Å². The van der Waals surface area contributed by atoms with Crippen molar-refractivity contribution in [1.29, 1.82) is 0 Å². The molecule has 0 aliphatic rings. The molecule has 1 aromatic rings. The second-order valence-electron chi connectivity index (χ2n) is 7.55. The second kappa shape index (κ2) is 15.8. The van der Waals surface area contributed by atoms with Gasteiger partial charge in [-0.25, -0.2) is 4.79 Å². The van der Waals surface area contributed by atoms with Gasteiger partial charge in [-0.2, -0.15) is 0 Å². The molecule has 31 heavy (non-hydrogen) atoms. The summed E-state index contributed by atoms with van der Waals surface area (Å²) in [6.45, 7) is 14.3. The highest BCUT2D eigenvalue weighted by Crippen LogP contribution is 2.37. The first-order valence-electron chi connectivity index (χ1n) is 10.3. The lowest BCUT2D eigenvalue weighted by molar-refractivity contribution is -0.137. The number of rotatable bonds is 10. The van der Waals surface area contributed by atoms with Gasteiger partial charge in [-0.1, -0.05) is 29.7 Å². The first-order chi connectivity index (χ1) is 14.6. The van der Waals surface area contributed by atoms with Gasteiger partial charge < -0.3 is 19.3 Å². The molecule has 0 heterocycles. The largest absolute Gasteiger partial charge is 0.485 e. The summed E-state index contributed by atoms with van der Waals surface area (Å²) >= 11 is 0. The van der Waals surface area contributed by atoms with Gasteiger partial charge in [-0.15, -0.1) is 0 Å². The van der Waals surface area contributed by atoms with E-state index in [0.29, 0.717) is 36.9 Å². The molecular weight excluding hydrogens is 396 g/mol. The summed E-state index contributed by atoms with van der Waals surface area (Å²) in [5.41, 5.74) is 3.18. The van der Waals surface area contributed by atoms with Crippen molar-refractivity contribution in [2.75, 3.05) is 13.2 Å². The molecule has 6 nitrogen and oxygen atoms in total. The fraction of sp³-hybridized carbons (Fsp3) is 0.440. The number of ether oxygens (including phenoxy) is 3. The maximum atomic E-state index is 12.0. The molecule has 0 saturated heterocycles. The molecule has 6 heteroatoms. The van der Waals surface area contributed by atoms with Gasteiger partial charge in [0.2, 0.25) is 5.75 Å². The third-order valence-electron chi connectivity index (χ3n) is 3.47. The van der Waals surface area contributed by atoms with Crippen LogP contribution in [-0.4, -0.2) is 30.3 Å². The van der Waals surface area contributed by atoms with Crippen LogP contribution < -0.4 is 14.2 Å². The SMILES string of the molecule is CC(C)=CCOc1cccc(OC(=O)C=C(C)C)c1OCC=C(C)C.CCCC(=O)O. The monoisotopic (exact) mass is 432 g/mol. The van der Waals surface area contributed by atoms with E-state index < -0.39 is 11.9 Å². The number of aliphatic carboxylic acids is 1. The molecule has 0 amide bonds. The summed E-state index contributed by atoms with van der Waals surface area (Å²) in [4.78, 5) is 21.6. The topological polar surface area (TPSA) is 82.1 Å². The highest BCUT2D eigenvalue weighted by molar-refractivity contribution is 5.85. The lowest BCUT2D eigenvalue weighted by Gasteiger charge is -2.15. The Bertz CT molecular complexity index is 790. The number of carboxylic acids is 1. The maximum Gasteiger partial charge on any atom is 0.336 e. The van der Waals surface area contributed by atoms with E-state index in [0.717, 1.165) is 23.1 Å². The molecule has 0 aromatic heterocycles. The van der Waals surface area contributed by atoms with Crippen LogP contribution in [-0.2, 0) is 9.59 Å². The Balaban J connectivity index is 0.00000131. The van der Waals surface area contributed by atoms with Gasteiger partial charge in [0.25, 0.3) is 0 Å². The van der Waals surface area contributed by atoms with Crippen LogP contribution in [0.2, 0.25) is 0 Å². The maximum absolute atomic E-state index is 12.0. The number of allylic oxidation sites excluding steroid dienone is 3. The molecule has 0 aliphatic heterocycles. The standard InChI is InChI=1S/C21H28O4.C4H8O2/c1-15(2)10-12-23-18-8-7-9-19(25-20(22)14-17(5)6)21(18)24-13-11-16(3)4;1-2-3-4(5)6/h7-11,14H,12-13H2,1-6H3;2-3H2,1H3,(H,5,6). The summed E-state index contributed by atoms with van der Waals surface area (Å²) in [5, 5.41) is 7.91. The average Bonchev–Trinajstić information content (AvgIpc) is 2.62. The lowest BCUT2D eigenvalue weighted by Crippen LogP contribution is -2.08. The van der Waals surface area contributed by atoms with Crippen LogP contribution in [0.5, 0.6) is 17.2 Å². The third kappa shape index (κ3) is 14.6. The van der Waals surface area contributed by atoms with Crippen LogP contribution in [0, 0.1) is 0 Å². The van der Waals surface area contributed by atoms with E-state index in [1.807, 2.05) is 60.6 Å². The van der Waals surface area contributed by atoms with Crippen molar-refractivity contribution < 1.29 is 28.9 Å². The van der Waals surface area contributed by atoms with Crippen molar-refractivity contribution in [1.82, 2.24) is 0 Å². The lowest BCUT2D eigenvalue weighted by atomic mass is 10.2. The Kier molecular flexibility index (Phi) is 14.2. The number of carbonyl (C=O) groups is 2. The smallest absolute Gasteiger partial charge is 0.336 e. The fourth-order valence-corrected chi connectivity index (χ4v) is 2.01. The molecule has 0 atom stereocenters. The van der Waals surface area contributed by atoms with Gasteiger partial charge in [0.15, 0.2) is 11.5 Å². The van der Waals surface area contributed by atoms with E-state index in [1.54, 1.807) is 18.2 Å². The molecule has 0 radical (unpaired) electrons. The van der Waals surface area contributed by atoms with Crippen LogP contribution in [0.3, 0.4) is 0 Å². The molecule has 172 valence electrons. The molecule has 1 N–H and O–H groups in total. The number of carbonyl (C=O) groups excluding carboxylic acids is 1. The van der Waals surface area contributed by atoms with Crippen molar-refractivity contribution in [3.8, 4) is 17.2 Å². The van der Waals surface area contributed by atoms with Gasteiger partial charge in [0, 0.05) is 12.5 Å². The number of para-hydroxylation sites is 1. The van der Waals surface area contributed by atoms with E-state index in [4.69, 9.17) is 19.3 Å². The Hall–Kier alpha value is -3.02. The number of carboxylic acid groups (broad SMARTS) is 1. The Labute approximate surface area is 186 Å². The zero-order chi connectivity index (χ0) is 23.8. The Morgan fingerprint density at radius 3 is 1.87 bits per heavy atom. The zero-order valence-corrected chi connectivity index (χ0v) is 19.8. The molecule has 0 saturated carbocycles. The van der Waals surface area contributed by atoms with E-state index in [1.165, 1.54) is 6.08 Å². The second-order valence-corrected chi connectivity index (χ2v) is 7.55. The fourth-order valence-electron chi connectivity index (χ4n) is 2.01. The summed E-state index contributed by atoms with van der Waals surface area (Å²) in [6, 6.07) is 5.27. The molecule has 0 bridgehead atoms. The minimum atomic E-state index is -0.711. The Morgan fingerprint density at radius 1 is 0.871 bits per heavy atom. The molecule has 1 rings (SSSR count). The van der Waals surface area contributed by atoms with Gasteiger partial charge in [0.05, 0.1) is 0 Å².